The van der Waals surface area contributed by atoms with Gasteiger partial charge < -0.3 is 20.5 Å². The molecule has 0 heterocycles. The second-order valence-electron chi connectivity index (χ2n) is 5.34. The van der Waals surface area contributed by atoms with Crippen LogP contribution in [0.15, 0.2) is 0 Å². The first-order chi connectivity index (χ1) is 8.62. The third kappa shape index (κ3) is 4.92. The number of hydrogen-bond donors (Lipinski definition) is 3. The van der Waals surface area contributed by atoms with E-state index < -0.39 is 0 Å². The van der Waals surface area contributed by atoms with E-state index in [1.165, 1.54) is 6.42 Å². The van der Waals surface area contributed by atoms with Gasteiger partial charge in [-0.25, -0.2) is 0 Å². The summed E-state index contributed by atoms with van der Waals surface area (Å²) in [5.41, 5.74) is -0.268. The number of aliphatic hydroxyl groups is 1. The second-order valence-corrected chi connectivity index (χ2v) is 5.34. The Labute approximate surface area is 109 Å². The van der Waals surface area contributed by atoms with E-state index in [1.54, 1.807) is 7.11 Å². The lowest BCUT2D eigenvalue weighted by Gasteiger charge is -2.39. The summed E-state index contributed by atoms with van der Waals surface area (Å²) in [6, 6.07) is 0. The van der Waals surface area contributed by atoms with Gasteiger partial charge in [0, 0.05) is 19.2 Å². The number of rotatable bonds is 7. The Morgan fingerprint density at radius 2 is 2.33 bits per heavy atom. The minimum atomic E-state index is -0.268. The Morgan fingerprint density at radius 1 is 1.56 bits per heavy atom. The van der Waals surface area contributed by atoms with Crippen LogP contribution in [0.4, 0.5) is 0 Å². The van der Waals surface area contributed by atoms with Crippen molar-refractivity contribution in [2.75, 3.05) is 33.4 Å². The summed E-state index contributed by atoms with van der Waals surface area (Å²) in [6.45, 7) is 3.61. The normalized spacial score (nSPS) is 28.1. The summed E-state index contributed by atoms with van der Waals surface area (Å²) in [6.07, 6.45) is 4.21. The van der Waals surface area contributed by atoms with Crippen LogP contribution < -0.4 is 10.6 Å². The molecule has 0 radical (unpaired) electrons. The van der Waals surface area contributed by atoms with E-state index in [9.17, 15) is 9.90 Å². The smallest absolute Gasteiger partial charge is 0.234 e. The molecule has 1 rings (SSSR count). The molecule has 0 aliphatic heterocycles. The van der Waals surface area contributed by atoms with Crippen molar-refractivity contribution in [2.45, 2.75) is 38.1 Å². The fourth-order valence-corrected chi connectivity index (χ4v) is 2.64. The first kappa shape index (κ1) is 15.4. The van der Waals surface area contributed by atoms with Crippen LogP contribution in [0.1, 0.15) is 32.6 Å². The maximum atomic E-state index is 11.6. The van der Waals surface area contributed by atoms with Crippen LogP contribution in [-0.4, -0.2) is 50.0 Å². The van der Waals surface area contributed by atoms with E-state index in [1.807, 2.05) is 0 Å². The van der Waals surface area contributed by atoms with Crippen LogP contribution in [0.5, 0.6) is 0 Å². The molecular weight excluding hydrogens is 232 g/mol. The van der Waals surface area contributed by atoms with Crippen molar-refractivity contribution >= 4 is 5.91 Å². The Kier molecular flexibility index (Phi) is 6.60. The molecular formula is C13H26N2O3. The fraction of sp³-hybridized carbons (Fsp3) is 0.923. The summed E-state index contributed by atoms with van der Waals surface area (Å²) < 4.78 is 4.87. The van der Waals surface area contributed by atoms with Gasteiger partial charge in [-0.05, 0) is 18.8 Å². The highest BCUT2D eigenvalue weighted by molar-refractivity contribution is 5.78. The van der Waals surface area contributed by atoms with Gasteiger partial charge in [-0.1, -0.05) is 19.8 Å². The zero-order valence-electron chi connectivity index (χ0n) is 11.5. The van der Waals surface area contributed by atoms with E-state index in [4.69, 9.17) is 4.74 Å². The second kappa shape index (κ2) is 7.71. The number of hydrogen-bond acceptors (Lipinski definition) is 4. The minimum Gasteiger partial charge on any atom is -0.394 e. The Hall–Kier alpha value is -0.650. The van der Waals surface area contributed by atoms with E-state index in [-0.39, 0.29) is 24.6 Å². The van der Waals surface area contributed by atoms with Gasteiger partial charge in [-0.2, -0.15) is 0 Å². The molecule has 0 aromatic heterocycles. The van der Waals surface area contributed by atoms with Crippen LogP contribution in [-0.2, 0) is 9.53 Å². The van der Waals surface area contributed by atoms with Gasteiger partial charge in [0.25, 0.3) is 0 Å². The molecule has 1 aliphatic rings. The van der Waals surface area contributed by atoms with Crippen molar-refractivity contribution in [1.29, 1.82) is 0 Å². The Morgan fingerprint density at radius 3 is 2.94 bits per heavy atom. The maximum Gasteiger partial charge on any atom is 0.234 e. The third-order valence-electron chi connectivity index (χ3n) is 3.65. The predicted molar refractivity (Wildman–Crippen MR) is 70.3 cm³/mol. The van der Waals surface area contributed by atoms with E-state index in [0.717, 1.165) is 19.3 Å². The molecule has 1 fully saturated rings. The number of methoxy groups -OCH3 is 1. The molecule has 2 unspecified atom stereocenters. The fourth-order valence-electron chi connectivity index (χ4n) is 2.64. The Bertz CT molecular complexity index is 261. The highest BCUT2D eigenvalue weighted by atomic mass is 16.5. The lowest BCUT2D eigenvalue weighted by Crippen LogP contribution is -2.54. The molecule has 106 valence electrons. The zero-order valence-corrected chi connectivity index (χ0v) is 11.5. The number of carbonyl (C=O) groups is 1. The van der Waals surface area contributed by atoms with Crippen molar-refractivity contribution < 1.29 is 14.6 Å². The molecule has 1 aliphatic carbocycles. The lowest BCUT2D eigenvalue weighted by molar-refractivity contribution is -0.121. The van der Waals surface area contributed by atoms with Gasteiger partial charge in [0.15, 0.2) is 0 Å². The van der Waals surface area contributed by atoms with Gasteiger partial charge >= 0.3 is 0 Å². The average molecular weight is 258 g/mol. The standard InChI is InChI=1S/C13H26N2O3/c1-11-4-3-5-13(8-11,10-16)15-9-12(17)14-6-7-18-2/h11,15-16H,3-10H2,1-2H3,(H,14,17). The van der Waals surface area contributed by atoms with Crippen LogP contribution in [0.25, 0.3) is 0 Å². The number of aliphatic hydroxyl groups excluding tert-OH is 1. The molecule has 0 aromatic carbocycles. The van der Waals surface area contributed by atoms with Crippen molar-refractivity contribution in [1.82, 2.24) is 10.6 Å². The largest absolute Gasteiger partial charge is 0.394 e. The molecule has 1 amide bonds. The summed E-state index contributed by atoms with van der Waals surface area (Å²) in [4.78, 5) is 11.6. The molecule has 2 atom stereocenters. The first-order valence-electron chi connectivity index (χ1n) is 6.73. The van der Waals surface area contributed by atoms with Gasteiger partial charge in [0.2, 0.25) is 5.91 Å². The summed E-state index contributed by atoms with van der Waals surface area (Å²) >= 11 is 0. The minimum absolute atomic E-state index is 0.0434. The van der Waals surface area contributed by atoms with Crippen LogP contribution in [0.2, 0.25) is 0 Å². The van der Waals surface area contributed by atoms with Crippen LogP contribution >= 0.6 is 0 Å². The van der Waals surface area contributed by atoms with Gasteiger partial charge in [0.05, 0.1) is 19.8 Å². The summed E-state index contributed by atoms with van der Waals surface area (Å²) in [5, 5.41) is 15.6. The SMILES string of the molecule is COCCNC(=O)CNC1(CO)CCCC(C)C1. The quantitative estimate of drug-likeness (QED) is 0.574. The molecule has 0 bridgehead atoms. The molecule has 5 nitrogen and oxygen atoms in total. The molecule has 18 heavy (non-hydrogen) atoms. The van der Waals surface area contributed by atoms with Gasteiger partial charge in [0.1, 0.15) is 0 Å². The highest BCUT2D eigenvalue weighted by Gasteiger charge is 2.34. The van der Waals surface area contributed by atoms with Crippen molar-refractivity contribution in [3.63, 3.8) is 0 Å². The molecule has 3 N–H and O–H groups in total. The van der Waals surface area contributed by atoms with Gasteiger partial charge in [-0.15, -0.1) is 0 Å². The average Bonchev–Trinajstić information content (AvgIpc) is 2.37. The summed E-state index contributed by atoms with van der Waals surface area (Å²) in [5.74, 6) is 0.563. The highest BCUT2D eigenvalue weighted by Crippen LogP contribution is 2.31. The molecule has 0 aromatic rings. The van der Waals surface area contributed by atoms with Gasteiger partial charge in [-0.3, -0.25) is 4.79 Å². The molecule has 5 heteroatoms. The Balaban J connectivity index is 2.32. The van der Waals surface area contributed by atoms with E-state index in [2.05, 4.69) is 17.6 Å². The van der Waals surface area contributed by atoms with Crippen molar-refractivity contribution in [3.05, 3.63) is 0 Å². The number of nitrogens with one attached hydrogen (secondary N) is 2. The van der Waals surface area contributed by atoms with Crippen molar-refractivity contribution in [3.8, 4) is 0 Å². The lowest BCUT2D eigenvalue weighted by atomic mass is 9.77. The first-order valence-corrected chi connectivity index (χ1v) is 6.73. The topological polar surface area (TPSA) is 70.6 Å². The molecule has 0 spiro atoms. The number of ether oxygens (including phenoxy) is 1. The number of amides is 1. The molecule has 0 saturated heterocycles. The van der Waals surface area contributed by atoms with Crippen LogP contribution in [0, 0.1) is 5.92 Å². The predicted octanol–water partition coefficient (Wildman–Crippen LogP) is 0.280. The molecule has 1 saturated carbocycles. The maximum absolute atomic E-state index is 11.6. The summed E-state index contributed by atoms with van der Waals surface area (Å²) in [7, 11) is 1.61. The monoisotopic (exact) mass is 258 g/mol. The van der Waals surface area contributed by atoms with E-state index >= 15 is 0 Å². The van der Waals surface area contributed by atoms with E-state index in [0.29, 0.717) is 19.1 Å². The van der Waals surface area contributed by atoms with Crippen molar-refractivity contribution in [2.24, 2.45) is 5.92 Å². The van der Waals surface area contributed by atoms with Crippen LogP contribution in [0.3, 0.4) is 0 Å². The third-order valence-corrected chi connectivity index (χ3v) is 3.65. The zero-order chi connectivity index (χ0) is 13.4. The number of carbonyl (C=O) groups excluding carboxylic acids is 1.